The fraction of sp³-hybridized carbons (Fsp3) is 0.318. The quantitative estimate of drug-likeness (QED) is 0.690. The van der Waals surface area contributed by atoms with Gasteiger partial charge in [0.05, 0.1) is 6.54 Å². The first-order valence-corrected chi connectivity index (χ1v) is 9.76. The lowest BCUT2D eigenvalue weighted by Crippen LogP contribution is -2.23. The van der Waals surface area contributed by atoms with E-state index in [2.05, 4.69) is 44.6 Å². The summed E-state index contributed by atoms with van der Waals surface area (Å²) in [6, 6.07) is 16.1. The molecule has 1 saturated heterocycles. The van der Waals surface area contributed by atoms with E-state index in [9.17, 15) is 4.79 Å². The van der Waals surface area contributed by atoms with Gasteiger partial charge in [0.25, 0.3) is 5.91 Å². The molecule has 1 N–H and O–H groups in total. The molecule has 0 unspecified atom stereocenters. The topological polar surface area (TPSA) is 63.1 Å². The van der Waals surface area contributed by atoms with E-state index in [0.717, 1.165) is 17.7 Å². The molecule has 2 heterocycles. The predicted octanol–water partition coefficient (Wildman–Crippen LogP) is 2.85. The molecule has 0 spiro atoms. The van der Waals surface area contributed by atoms with E-state index in [-0.39, 0.29) is 5.91 Å². The van der Waals surface area contributed by atoms with Crippen LogP contribution in [0.4, 0.5) is 0 Å². The van der Waals surface area contributed by atoms with Crippen LogP contribution in [-0.4, -0.2) is 38.7 Å². The second-order valence-corrected chi connectivity index (χ2v) is 7.27. The number of carbonyl (C=O) groups excluding carboxylic acids is 1. The van der Waals surface area contributed by atoms with Crippen LogP contribution in [0, 0.1) is 0 Å². The van der Waals surface area contributed by atoms with Gasteiger partial charge in [-0.05, 0) is 54.8 Å². The van der Waals surface area contributed by atoms with Gasteiger partial charge in [-0.1, -0.05) is 36.4 Å². The smallest absolute Gasteiger partial charge is 0.251 e. The van der Waals surface area contributed by atoms with Gasteiger partial charge in [0.1, 0.15) is 12.7 Å². The molecule has 28 heavy (non-hydrogen) atoms. The summed E-state index contributed by atoms with van der Waals surface area (Å²) >= 11 is 0. The summed E-state index contributed by atoms with van der Waals surface area (Å²) in [6.45, 7) is 4.60. The van der Waals surface area contributed by atoms with Crippen LogP contribution in [0.15, 0.2) is 61.2 Å². The molecule has 1 aromatic heterocycles. The Hall–Kier alpha value is -2.99. The minimum atomic E-state index is -0.0616. The van der Waals surface area contributed by atoms with E-state index < -0.39 is 0 Å². The molecule has 1 fully saturated rings. The molecule has 3 aromatic rings. The Bertz CT molecular complexity index is 882. The van der Waals surface area contributed by atoms with Crippen molar-refractivity contribution in [1.29, 1.82) is 0 Å². The van der Waals surface area contributed by atoms with Crippen LogP contribution in [0.2, 0.25) is 0 Å². The molecule has 1 aliphatic heterocycles. The number of hydrogen-bond acceptors (Lipinski definition) is 4. The number of amides is 1. The highest BCUT2D eigenvalue weighted by Gasteiger charge is 2.11. The van der Waals surface area contributed by atoms with Gasteiger partial charge in [0.2, 0.25) is 0 Å². The highest BCUT2D eigenvalue weighted by molar-refractivity contribution is 5.94. The third kappa shape index (κ3) is 4.84. The zero-order valence-corrected chi connectivity index (χ0v) is 15.9. The van der Waals surface area contributed by atoms with E-state index in [1.807, 2.05) is 24.3 Å². The molecule has 6 nitrogen and oxygen atoms in total. The standard InChI is InChI=1S/C22H25N5O/c28-22(21-9-7-20(8-10-21)15-27-17-23-16-25-27)24-13-18-3-5-19(6-4-18)14-26-11-1-2-12-26/h3-10,16-17H,1-2,11-15H2,(H,24,28). The molecule has 0 radical (unpaired) electrons. The maximum absolute atomic E-state index is 12.4. The van der Waals surface area contributed by atoms with Gasteiger partial charge in [-0.15, -0.1) is 0 Å². The summed E-state index contributed by atoms with van der Waals surface area (Å²) in [5.74, 6) is -0.0616. The van der Waals surface area contributed by atoms with E-state index in [1.165, 1.54) is 37.8 Å². The van der Waals surface area contributed by atoms with Crippen LogP contribution >= 0.6 is 0 Å². The largest absolute Gasteiger partial charge is 0.348 e. The third-order valence-electron chi connectivity index (χ3n) is 5.11. The Balaban J connectivity index is 1.27. The number of carbonyl (C=O) groups is 1. The van der Waals surface area contributed by atoms with Gasteiger partial charge in [-0.3, -0.25) is 9.69 Å². The van der Waals surface area contributed by atoms with Crippen molar-refractivity contribution < 1.29 is 4.79 Å². The number of aromatic nitrogens is 3. The van der Waals surface area contributed by atoms with Crippen LogP contribution in [0.3, 0.4) is 0 Å². The Morgan fingerprint density at radius 3 is 2.21 bits per heavy atom. The number of nitrogens with one attached hydrogen (secondary N) is 1. The lowest BCUT2D eigenvalue weighted by atomic mass is 10.1. The van der Waals surface area contributed by atoms with Crippen molar-refractivity contribution >= 4 is 5.91 Å². The highest BCUT2D eigenvalue weighted by Crippen LogP contribution is 2.13. The van der Waals surface area contributed by atoms with E-state index in [4.69, 9.17) is 0 Å². The van der Waals surface area contributed by atoms with E-state index in [0.29, 0.717) is 18.7 Å². The first-order valence-electron chi connectivity index (χ1n) is 9.76. The summed E-state index contributed by atoms with van der Waals surface area (Å²) in [5.41, 5.74) is 4.19. The number of benzene rings is 2. The fourth-order valence-electron chi connectivity index (χ4n) is 3.51. The number of likely N-dealkylation sites (tertiary alicyclic amines) is 1. The lowest BCUT2D eigenvalue weighted by molar-refractivity contribution is 0.0951. The SMILES string of the molecule is O=C(NCc1ccc(CN2CCCC2)cc1)c1ccc(Cn2cncn2)cc1. The average molecular weight is 375 g/mol. The van der Waals surface area contributed by atoms with Crippen molar-refractivity contribution in [3.05, 3.63) is 83.4 Å². The van der Waals surface area contributed by atoms with Crippen LogP contribution in [-0.2, 0) is 19.6 Å². The molecule has 4 rings (SSSR count). The van der Waals surface area contributed by atoms with Crippen molar-refractivity contribution in [3.63, 3.8) is 0 Å². The van der Waals surface area contributed by atoms with Crippen molar-refractivity contribution in [3.8, 4) is 0 Å². The van der Waals surface area contributed by atoms with E-state index >= 15 is 0 Å². The minimum absolute atomic E-state index is 0.0616. The third-order valence-corrected chi connectivity index (χ3v) is 5.11. The second-order valence-electron chi connectivity index (χ2n) is 7.27. The first kappa shape index (κ1) is 18.4. The Morgan fingerprint density at radius 1 is 0.893 bits per heavy atom. The molecule has 2 aromatic carbocycles. The molecular formula is C22H25N5O. The summed E-state index contributed by atoms with van der Waals surface area (Å²) in [6.07, 6.45) is 5.81. The van der Waals surface area contributed by atoms with Gasteiger partial charge < -0.3 is 5.32 Å². The molecule has 144 valence electrons. The van der Waals surface area contributed by atoms with Gasteiger partial charge >= 0.3 is 0 Å². The molecule has 0 bridgehead atoms. The molecule has 1 amide bonds. The van der Waals surface area contributed by atoms with Crippen LogP contribution in [0.1, 0.15) is 39.9 Å². The summed E-state index contributed by atoms with van der Waals surface area (Å²) in [7, 11) is 0. The number of nitrogens with zero attached hydrogens (tertiary/aromatic N) is 4. The van der Waals surface area contributed by atoms with Gasteiger partial charge in [-0.25, -0.2) is 9.67 Å². The van der Waals surface area contributed by atoms with Crippen LogP contribution in [0.25, 0.3) is 0 Å². The summed E-state index contributed by atoms with van der Waals surface area (Å²) < 4.78 is 1.75. The summed E-state index contributed by atoms with van der Waals surface area (Å²) in [4.78, 5) is 18.8. The molecule has 1 aliphatic rings. The van der Waals surface area contributed by atoms with E-state index in [1.54, 1.807) is 11.0 Å². The maximum atomic E-state index is 12.4. The van der Waals surface area contributed by atoms with Crippen molar-refractivity contribution in [2.24, 2.45) is 0 Å². The van der Waals surface area contributed by atoms with Gasteiger partial charge in [-0.2, -0.15) is 5.10 Å². The fourth-order valence-corrected chi connectivity index (χ4v) is 3.51. The van der Waals surface area contributed by atoms with Gasteiger partial charge in [0.15, 0.2) is 0 Å². The molecule has 6 heteroatoms. The van der Waals surface area contributed by atoms with Crippen molar-refractivity contribution in [2.75, 3.05) is 13.1 Å². The lowest BCUT2D eigenvalue weighted by Gasteiger charge is -2.14. The highest BCUT2D eigenvalue weighted by atomic mass is 16.1. The Morgan fingerprint density at radius 2 is 1.54 bits per heavy atom. The molecule has 0 aliphatic carbocycles. The van der Waals surface area contributed by atoms with Gasteiger partial charge in [0, 0.05) is 18.7 Å². The van der Waals surface area contributed by atoms with Crippen molar-refractivity contribution in [1.82, 2.24) is 25.0 Å². The molecule has 0 saturated carbocycles. The number of rotatable bonds is 7. The summed E-state index contributed by atoms with van der Waals surface area (Å²) in [5, 5.41) is 7.09. The first-order chi connectivity index (χ1) is 13.8. The molecule has 0 atom stereocenters. The minimum Gasteiger partial charge on any atom is -0.348 e. The zero-order valence-electron chi connectivity index (χ0n) is 15.9. The maximum Gasteiger partial charge on any atom is 0.251 e. The monoisotopic (exact) mass is 375 g/mol. The normalized spacial score (nSPS) is 14.3. The van der Waals surface area contributed by atoms with Crippen LogP contribution < -0.4 is 5.32 Å². The van der Waals surface area contributed by atoms with Crippen molar-refractivity contribution in [2.45, 2.75) is 32.5 Å². The average Bonchev–Trinajstić information content (AvgIpc) is 3.42. The van der Waals surface area contributed by atoms with Crippen LogP contribution in [0.5, 0.6) is 0 Å². The second kappa shape index (κ2) is 8.80. The number of hydrogen-bond donors (Lipinski definition) is 1. The Kier molecular flexibility index (Phi) is 5.77. The predicted molar refractivity (Wildman–Crippen MR) is 108 cm³/mol. The molecular weight excluding hydrogens is 350 g/mol. The Labute approximate surface area is 165 Å². The zero-order chi connectivity index (χ0) is 19.2.